The predicted octanol–water partition coefficient (Wildman–Crippen LogP) is 0.457. The molecule has 0 aliphatic carbocycles. The van der Waals surface area contributed by atoms with Gasteiger partial charge in [0.2, 0.25) is 0 Å². The van der Waals surface area contributed by atoms with Crippen LogP contribution in [-0.2, 0) is 0 Å². The third kappa shape index (κ3) is 9.04. The van der Waals surface area contributed by atoms with Gasteiger partial charge in [-0.15, -0.1) is 0 Å². The molecule has 2 heteroatoms. The van der Waals surface area contributed by atoms with E-state index in [4.69, 9.17) is 0 Å². The van der Waals surface area contributed by atoms with Gasteiger partial charge >= 0.3 is 65.4 Å². The molecule has 0 aliphatic rings. The summed E-state index contributed by atoms with van der Waals surface area (Å²) >= 11 is 1.92. The molecular formula is C4H11LiTe. The molecule has 0 fully saturated rings. The van der Waals surface area contributed by atoms with Crippen LogP contribution in [0.15, 0.2) is 0 Å². The van der Waals surface area contributed by atoms with E-state index in [9.17, 15) is 0 Å². The molecular weight excluding hydrogens is 183 g/mol. The van der Waals surface area contributed by atoms with Gasteiger partial charge in [-0.25, -0.2) is 0 Å². The quantitative estimate of drug-likeness (QED) is 0.559. The second-order valence-electron chi connectivity index (χ2n) is 1.08. The van der Waals surface area contributed by atoms with Crippen molar-refractivity contribution in [2.24, 2.45) is 0 Å². The molecule has 0 radical (unpaired) electrons. The maximum atomic E-state index is 2.22. The van der Waals surface area contributed by atoms with Crippen LogP contribution in [0.3, 0.4) is 0 Å². The monoisotopic (exact) mass is 196 g/mol. The third-order valence-electron chi connectivity index (χ3n) is 0.512. The van der Waals surface area contributed by atoms with E-state index >= 15 is 0 Å². The van der Waals surface area contributed by atoms with Crippen molar-refractivity contribution < 1.29 is 0 Å². The van der Waals surface area contributed by atoms with Crippen molar-refractivity contribution in [1.29, 1.82) is 0 Å². The first kappa shape index (κ1) is 10.4. The van der Waals surface area contributed by atoms with Crippen LogP contribution < -0.4 is 0 Å². The molecule has 0 spiro atoms. The molecule has 0 aromatic carbocycles. The Bertz CT molecular complexity index is 15.0. The van der Waals surface area contributed by atoms with E-state index < -0.39 is 0 Å². The summed E-state index contributed by atoms with van der Waals surface area (Å²) in [7, 11) is 0. The number of unbranched alkanes of at least 4 members (excludes halogenated alkanes) is 1. The minimum absolute atomic E-state index is 0. The standard InChI is InChI=1S/C4H10Te.Li.H/c1-2-3-4-5;;/h5H,2-4H2,1H3;;. The van der Waals surface area contributed by atoms with Crippen molar-refractivity contribution in [2.75, 3.05) is 0 Å². The van der Waals surface area contributed by atoms with Gasteiger partial charge < -0.3 is 0 Å². The fraction of sp³-hybridized carbons (Fsp3) is 1.00. The van der Waals surface area contributed by atoms with Gasteiger partial charge in [0.05, 0.1) is 0 Å². The van der Waals surface area contributed by atoms with Crippen molar-refractivity contribution >= 4 is 41.2 Å². The van der Waals surface area contributed by atoms with Crippen LogP contribution in [0.5, 0.6) is 0 Å². The van der Waals surface area contributed by atoms with Gasteiger partial charge in [0.25, 0.3) is 0 Å². The molecule has 0 saturated carbocycles. The fourth-order valence-electron chi connectivity index (χ4n) is 0.158. The summed E-state index contributed by atoms with van der Waals surface area (Å²) in [5.41, 5.74) is 0. The molecule has 6 heavy (non-hydrogen) atoms. The molecule has 0 nitrogen and oxygen atoms in total. The second kappa shape index (κ2) is 9.63. The van der Waals surface area contributed by atoms with E-state index in [1.807, 2.05) is 22.3 Å². The Balaban J connectivity index is 0. The summed E-state index contributed by atoms with van der Waals surface area (Å²) in [4.78, 5) is 0. The summed E-state index contributed by atoms with van der Waals surface area (Å²) in [5, 5.41) is 0. The zero-order valence-corrected chi connectivity index (χ0v) is 6.12. The maximum absolute atomic E-state index is 2.22. The topological polar surface area (TPSA) is 0 Å². The van der Waals surface area contributed by atoms with Gasteiger partial charge in [0, 0.05) is 0 Å². The van der Waals surface area contributed by atoms with Crippen molar-refractivity contribution in [2.45, 2.75) is 24.2 Å². The van der Waals surface area contributed by atoms with Crippen molar-refractivity contribution in [1.82, 2.24) is 0 Å². The van der Waals surface area contributed by atoms with Crippen LogP contribution in [0.4, 0.5) is 0 Å². The summed E-state index contributed by atoms with van der Waals surface area (Å²) in [5.74, 6) is 0. The second-order valence-corrected chi connectivity index (χ2v) is 2.35. The number of hydrogen-bond donors (Lipinski definition) is 0. The predicted molar refractivity (Wildman–Crippen MR) is 34.0 cm³/mol. The van der Waals surface area contributed by atoms with E-state index in [-0.39, 0.29) is 18.9 Å². The molecule has 0 aromatic heterocycles. The Morgan fingerprint density at radius 3 is 2.00 bits per heavy atom. The zero-order chi connectivity index (χ0) is 4.12. The minimum atomic E-state index is 0. The first-order chi connectivity index (χ1) is 2.41. The van der Waals surface area contributed by atoms with Crippen molar-refractivity contribution in [3.8, 4) is 0 Å². The third-order valence-corrected chi connectivity index (χ3v) is 1.41. The fourth-order valence-corrected chi connectivity index (χ4v) is 1.06. The Kier molecular flexibility index (Phi) is 16.7. The van der Waals surface area contributed by atoms with Gasteiger partial charge in [-0.2, -0.15) is 0 Å². The molecule has 0 unspecified atom stereocenters. The first-order valence-corrected chi connectivity index (χ1v) is 3.83. The summed E-state index contributed by atoms with van der Waals surface area (Å²) in [6.45, 7) is 2.22. The van der Waals surface area contributed by atoms with E-state index in [2.05, 4.69) is 6.92 Å². The summed E-state index contributed by atoms with van der Waals surface area (Å²) < 4.78 is 1.39. The van der Waals surface area contributed by atoms with Crippen LogP contribution in [-0.4, -0.2) is 41.2 Å². The van der Waals surface area contributed by atoms with E-state index in [0.717, 1.165) is 0 Å². The van der Waals surface area contributed by atoms with E-state index in [1.54, 1.807) is 0 Å². The van der Waals surface area contributed by atoms with Gasteiger partial charge in [0.15, 0.2) is 0 Å². The Hall–Kier alpha value is 1.39. The summed E-state index contributed by atoms with van der Waals surface area (Å²) in [6.07, 6.45) is 2.77. The molecule has 0 bridgehead atoms. The molecule has 0 amide bonds. The van der Waals surface area contributed by atoms with Crippen LogP contribution in [0, 0.1) is 0 Å². The zero-order valence-electron chi connectivity index (χ0n) is 3.57. The number of hydrogen-bond acceptors (Lipinski definition) is 0. The average Bonchev–Trinajstić information content (AvgIpc) is 1.41. The van der Waals surface area contributed by atoms with E-state index in [1.165, 1.54) is 17.3 Å². The molecule has 0 heterocycles. The normalized spacial score (nSPS) is 7.00. The molecule has 0 saturated heterocycles. The Labute approximate surface area is 65.2 Å². The Morgan fingerprint density at radius 1 is 1.50 bits per heavy atom. The van der Waals surface area contributed by atoms with Gasteiger partial charge in [-0.05, 0) is 0 Å². The van der Waals surface area contributed by atoms with Gasteiger partial charge in [0.1, 0.15) is 0 Å². The van der Waals surface area contributed by atoms with E-state index in [0.29, 0.717) is 0 Å². The first-order valence-electron chi connectivity index (χ1n) is 2.02. The SMILES string of the molecule is CCCC[TeH].[LiH]. The van der Waals surface area contributed by atoms with Crippen LogP contribution >= 0.6 is 0 Å². The molecule has 34 valence electrons. The molecule has 0 N–H and O–H groups in total. The summed E-state index contributed by atoms with van der Waals surface area (Å²) in [6, 6.07) is 0. The number of rotatable bonds is 2. The molecule has 0 atom stereocenters. The van der Waals surface area contributed by atoms with Crippen molar-refractivity contribution in [3.05, 3.63) is 0 Å². The van der Waals surface area contributed by atoms with Crippen molar-refractivity contribution in [3.63, 3.8) is 0 Å². The molecule has 0 aromatic rings. The van der Waals surface area contributed by atoms with Crippen LogP contribution in [0.25, 0.3) is 0 Å². The van der Waals surface area contributed by atoms with Crippen LogP contribution in [0.2, 0.25) is 4.47 Å². The van der Waals surface area contributed by atoms with Gasteiger partial charge in [-0.1, -0.05) is 0 Å². The molecule has 0 rings (SSSR count). The van der Waals surface area contributed by atoms with Gasteiger partial charge in [-0.3, -0.25) is 0 Å². The average molecular weight is 194 g/mol. The Morgan fingerprint density at radius 2 is 2.00 bits per heavy atom. The van der Waals surface area contributed by atoms with Crippen LogP contribution in [0.1, 0.15) is 19.8 Å². The molecule has 0 aliphatic heterocycles.